The lowest BCUT2D eigenvalue weighted by molar-refractivity contribution is -0.142. The van der Waals surface area contributed by atoms with Crippen LogP contribution in [0.4, 0.5) is 0 Å². The smallest absolute Gasteiger partial charge is 0.320 e. The molecule has 3 aromatic rings. The number of aliphatic carboxylic acids is 1. The highest BCUT2D eigenvalue weighted by molar-refractivity contribution is 6.42. The minimum atomic E-state index is -0.815. The fraction of sp³-hybridized carbons (Fsp3) is 0.240. The third-order valence-corrected chi connectivity index (χ3v) is 6.36. The summed E-state index contributed by atoms with van der Waals surface area (Å²) < 4.78 is 6.20. The Kier molecular flexibility index (Phi) is 6.81. The summed E-state index contributed by atoms with van der Waals surface area (Å²) in [6.45, 7) is 1.10. The van der Waals surface area contributed by atoms with Gasteiger partial charge in [-0.1, -0.05) is 77.8 Å². The van der Waals surface area contributed by atoms with Gasteiger partial charge in [0.25, 0.3) is 0 Å². The second-order valence-corrected chi connectivity index (χ2v) is 8.44. The summed E-state index contributed by atoms with van der Waals surface area (Å²) >= 11 is 12.5. The van der Waals surface area contributed by atoms with Crippen LogP contribution in [0.3, 0.4) is 0 Å². The van der Waals surface area contributed by atoms with E-state index < -0.39 is 12.0 Å². The van der Waals surface area contributed by atoms with Crippen molar-refractivity contribution in [2.45, 2.75) is 31.5 Å². The predicted molar refractivity (Wildman–Crippen MR) is 123 cm³/mol. The number of ether oxygens (including phenoxy) is 1. The molecule has 0 radical (unpaired) electrons. The van der Waals surface area contributed by atoms with Crippen LogP contribution in [0.25, 0.3) is 0 Å². The molecule has 1 saturated heterocycles. The molecule has 1 heterocycles. The monoisotopic (exact) mass is 455 g/mol. The molecule has 2 unspecified atom stereocenters. The molecule has 0 saturated carbocycles. The van der Waals surface area contributed by atoms with Crippen molar-refractivity contribution in [3.63, 3.8) is 0 Å². The largest absolute Gasteiger partial charge is 0.489 e. The molecule has 4 rings (SSSR count). The highest BCUT2D eigenvalue weighted by atomic mass is 35.5. The zero-order chi connectivity index (χ0) is 21.8. The number of halogens is 2. The molecule has 6 heteroatoms. The molecule has 1 aliphatic rings. The number of para-hydroxylation sites is 1. The summed E-state index contributed by atoms with van der Waals surface area (Å²) in [6, 6.07) is 22.3. The molecular weight excluding hydrogens is 433 g/mol. The number of carboxylic acids is 1. The molecule has 0 aromatic heterocycles. The van der Waals surface area contributed by atoms with Gasteiger partial charge in [0, 0.05) is 12.1 Å². The number of carbonyl (C=O) groups is 1. The van der Waals surface area contributed by atoms with E-state index in [4.69, 9.17) is 27.9 Å². The zero-order valence-electron chi connectivity index (χ0n) is 16.9. The van der Waals surface area contributed by atoms with E-state index in [1.165, 1.54) is 0 Å². The maximum atomic E-state index is 12.0. The molecule has 160 valence electrons. The number of rotatable bonds is 7. The van der Waals surface area contributed by atoms with Crippen molar-refractivity contribution in [1.82, 2.24) is 4.90 Å². The van der Waals surface area contributed by atoms with E-state index >= 15 is 0 Å². The molecule has 3 aromatic carbocycles. The average Bonchev–Trinajstić information content (AvgIpc) is 3.26. The molecule has 1 N–H and O–H groups in total. The summed E-state index contributed by atoms with van der Waals surface area (Å²) in [5, 5.41) is 10.7. The van der Waals surface area contributed by atoms with Gasteiger partial charge in [0.1, 0.15) is 18.4 Å². The van der Waals surface area contributed by atoms with Crippen molar-refractivity contribution in [1.29, 1.82) is 0 Å². The molecule has 4 nitrogen and oxygen atoms in total. The zero-order valence-corrected chi connectivity index (χ0v) is 18.4. The first-order valence-electron chi connectivity index (χ1n) is 10.2. The van der Waals surface area contributed by atoms with Gasteiger partial charge in [-0.05, 0) is 42.2 Å². The van der Waals surface area contributed by atoms with Crippen LogP contribution in [-0.2, 0) is 11.4 Å². The Morgan fingerprint density at radius 1 is 1.03 bits per heavy atom. The van der Waals surface area contributed by atoms with Gasteiger partial charge in [-0.2, -0.15) is 0 Å². The van der Waals surface area contributed by atoms with Crippen molar-refractivity contribution in [3.8, 4) is 5.75 Å². The Labute approximate surface area is 192 Å². The number of hydrogen-bond donors (Lipinski definition) is 1. The summed E-state index contributed by atoms with van der Waals surface area (Å²) in [7, 11) is 0. The lowest BCUT2D eigenvalue weighted by Gasteiger charge is -2.33. The van der Waals surface area contributed by atoms with Gasteiger partial charge in [0.05, 0.1) is 16.1 Å². The lowest BCUT2D eigenvalue weighted by Crippen LogP contribution is -2.39. The SMILES string of the molecule is O=C(O)C1CCCN1C(c1ccc(Cl)c(Cl)c1)c1ccccc1OCc1ccccc1. The Morgan fingerprint density at radius 3 is 2.52 bits per heavy atom. The first-order chi connectivity index (χ1) is 15.0. The number of benzene rings is 3. The first-order valence-corrected chi connectivity index (χ1v) is 11.0. The van der Waals surface area contributed by atoms with Gasteiger partial charge >= 0.3 is 5.97 Å². The van der Waals surface area contributed by atoms with Crippen LogP contribution in [0.15, 0.2) is 72.8 Å². The summed E-state index contributed by atoms with van der Waals surface area (Å²) in [5.41, 5.74) is 2.86. The average molecular weight is 456 g/mol. The van der Waals surface area contributed by atoms with Gasteiger partial charge in [-0.3, -0.25) is 9.69 Å². The van der Waals surface area contributed by atoms with Crippen LogP contribution in [0.5, 0.6) is 5.75 Å². The van der Waals surface area contributed by atoms with Crippen LogP contribution in [0, 0.1) is 0 Å². The fourth-order valence-corrected chi connectivity index (χ4v) is 4.48. The topological polar surface area (TPSA) is 49.8 Å². The summed E-state index contributed by atoms with van der Waals surface area (Å²) in [6.07, 6.45) is 1.43. The molecule has 0 spiro atoms. The maximum Gasteiger partial charge on any atom is 0.320 e. The molecule has 31 heavy (non-hydrogen) atoms. The first kappa shape index (κ1) is 21.7. The van der Waals surface area contributed by atoms with E-state index in [0.29, 0.717) is 29.6 Å². The lowest BCUT2D eigenvalue weighted by atomic mass is 9.95. The molecule has 0 bridgehead atoms. The quantitative estimate of drug-likeness (QED) is 0.459. The van der Waals surface area contributed by atoms with Crippen LogP contribution in [0.2, 0.25) is 10.0 Å². The summed E-state index contributed by atoms with van der Waals surface area (Å²) in [4.78, 5) is 14.0. The second-order valence-electron chi connectivity index (χ2n) is 7.62. The molecular formula is C25H23Cl2NO3. The molecule has 1 fully saturated rings. The minimum absolute atomic E-state index is 0.314. The maximum absolute atomic E-state index is 12.0. The van der Waals surface area contributed by atoms with E-state index in [2.05, 4.69) is 0 Å². The highest BCUT2D eigenvalue weighted by Crippen LogP contribution is 2.40. The van der Waals surface area contributed by atoms with Crippen molar-refractivity contribution in [2.24, 2.45) is 0 Å². The van der Waals surface area contributed by atoms with Crippen molar-refractivity contribution >= 4 is 29.2 Å². The number of likely N-dealkylation sites (tertiary alicyclic amines) is 1. The molecule has 2 atom stereocenters. The van der Waals surface area contributed by atoms with E-state index in [-0.39, 0.29) is 6.04 Å². The third-order valence-electron chi connectivity index (χ3n) is 5.62. The van der Waals surface area contributed by atoms with Crippen LogP contribution >= 0.6 is 23.2 Å². The number of hydrogen-bond acceptors (Lipinski definition) is 3. The van der Waals surface area contributed by atoms with Gasteiger partial charge in [-0.15, -0.1) is 0 Å². The minimum Gasteiger partial charge on any atom is -0.489 e. The van der Waals surface area contributed by atoms with Gasteiger partial charge in [0.15, 0.2) is 0 Å². The van der Waals surface area contributed by atoms with E-state index in [0.717, 1.165) is 28.9 Å². The Bertz CT molecular complexity index is 1060. The van der Waals surface area contributed by atoms with Crippen molar-refractivity contribution in [3.05, 3.63) is 99.5 Å². The highest BCUT2D eigenvalue weighted by Gasteiger charge is 2.38. The predicted octanol–water partition coefficient (Wildman–Crippen LogP) is 6.21. The standard InChI is InChI=1S/C25H23Cl2NO3/c26-20-13-12-18(15-21(20)27)24(28-14-6-10-22(28)25(29)30)19-9-4-5-11-23(19)31-16-17-7-2-1-3-8-17/h1-5,7-9,11-13,15,22,24H,6,10,14,16H2,(H,29,30). The van der Waals surface area contributed by atoms with Crippen molar-refractivity contribution in [2.75, 3.05) is 6.54 Å². The van der Waals surface area contributed by atoms with E-state index in [1.807, 2.05) is 71.6 Å². The third kappa shape index (κ3) is 4.87. The van der Waals surface area contributed by atoms with Crippen molar-refractivity contribution < 1.29 is 14.6 Å². The van der Waals surface area contributed by atoms with Gasteiger partial charge in [0.2, 0.25) is 0 Å². The fourth-order valence-electron chi connectivity index (χ4n) is 4.17. The Hall–Kier alpha value is -2.53. The van der Waals surface area contributed by atoms with Gasteiger partial charge < -0.3 is 9.84 Å². The van der Waals surface area contributed by atoms with Crippen LogP contribution < -0.4 is 4.74 Å². The Morgan fingerprint density at radius 2 is 1.77 bits per heavy atom. The van der Waals surface area contributed by atoms with Crippen LogP contribution in [-0.4, -0.2) is 28.6 Å². The van der Waals surface area contributed by atoms with E-state index in [9.17, 15) is 9.90 Å². The number of carboxylic acid groups (broad SMARTS) is 1. The normalized spacial score (nSPS) is 17.4. The van der Waals surface area contributed by atoms with E-state index in [1.54, 1.807) is 6.07 Å². The number of nitrogens with zero attached hydrogens (tertiary/aromatic N) is 1. The Balaban J connectivity index is 1.75. The van der Waals surface area contributed by atoms with Gasteiger partial charge in [-0.25, -0.2) is 0 Å². The second kappa shape index (κ2) is 9.73. The molecule has 1 aliphatic heterocycles. The van der Waals surface area contributed by atoms with Crippen LogP contribution in [0.1, 0.15) is 35.6 Å². The summed E-state index contributed by atoms with van der Waals surface area (Å²) in [5.74, 6) is -0.0938. The molecule has 0 amide bonds. The molecule has 0 aliphatic carbocycles.